The molecular formula is C31H30N2O3. The molecule has 1 aromatic heterocycles. The molecule has 4 aromatic rings. The van der Waals surface area contributed by atoms with Gasteiger partial charge in [0.05, 0.1) is 5.69 Å². The number of aliphatic carboxylic acids is 1. The number of hydrogen-bond donors (Lipinski definition) is 1. The molecule has 0 radical (unpaired) electrons. The summed E-state index contributed by atoms with van der Waals surface area (Å²) in [6.45, 7) is 2.29. The van der Waals surface area contributed by atoms with E-state index < -0.39 is 5.97 Å². The van der Waals surface area contributed by atoms with E-state index in [0.717, 1.165) is 42.8 Å². The number of nitrogens with zero attached hydrogens (tertiary/aromatic N) is 2. The van der Waals surface area contributed by atoms with E-state index in [9.17, 15) is 4.79 Å². The molecule has 0 unspecified atom stereocenters. The zero-order chi connectivity index (χ0) is 24.7. The number of carbonyl (C=O) groups is 1. The lowest BCUT2D eigenvalue weighted by molar-refractivity contribution is -0.136. The van der Waals surface area contributed by atoms with Crippen LogP contribution >= 0.6 is 0 Å². The Bertz CT molecular complexity index is 1320. The van der Waals surface area contributed by atoms with Crippen LogP contribution in [0.1, 0.15) is 35.1 Å². The van der Waals surface area contributed by atoms with Gasteiger partial charge in [0.2, 0.25) is 0 Å². The fraction of sp³-hybridized carbons (Fsp3) is 0.226. The van der Waals surface area contributed by atoms with Gasteiger partial charge in [0.1, 0.15) is 12.4 Å². The number of rotatable bonds is 9. The third-order valence-corrected chi connectivity index (χ3v) is 6.63. The Balaban J connectivity index is 1.31. The maximum atomic E-state index is 10.8. The minimum atomic E-state index is -0.773. The summed E-state index contributed by atoms with van der Waals surface area (Å²) < 4.78 is 6.35. The number of hydrogen-bond acceptors (Lipinski definition) is 4. The number of carboxylic acid groups (broad SMARTS) is 1. The summed E-state index contributed by atoms with van der Waals surface area (Å²) in [6.07, 6.45) is 6.52. The SMILES string of the molecule is O=C(O)CCc1ccc(COc2cccc3c2N(Cc2cccc(-c4ccncc4)c2)CCC3)cc1. The van der Waals surface area contributed by atoms with Crippen LogP contribution in [-0.4, -0.2) is 22.6 Å². The van der Waals surface area contributed by atoms with Crippen molar-refractivity contribution in [2.24, 2.45) is 0 Å². The predicted molar refractivity (Wildman–Crippen MR) is 142 cm³/mol. The molecule has 0 bridgehead atoms. The highest BCUT2D eigenvalue weighted by molar-refractivity contribution is 5.67. The Morgan fingerprint density at radius 2 is 1.67 bits per heavy atom. The van der Waals surface area contributed by atoms with Crippen LogP contribution in [0.3, 0.4) is 0 Å². The van der Waals surface area contributed by atoms with E-state index in [4.69, 9.17) is 9.84 Å². The third-order valence-electron chi connectivity index (χ3n) is 6.63. The summed E-state index contributed by atoms with van der Waals surface area (Å²) in [5, 5.41) is 8.89. The standard InChI is InChI=1S/C31H30N2O3/c34-30(35)14-13-23-9-11-24(12-10-23)22-36-29-8-2-5-27-7-3-19-33(31(27)29)21-25-4-1-6-28(20-25)26-15-17-32-18-16-26/h1-2,4-6,8-12,15-18,20H,3,7,13-14,19,21-22H2,(H,34,35). The number of aryl methyl sites for hydroxylation is 2. The Morgan fingerprint density at radius 3 is 2.47 bits per heavy atom. The average molecular weight is 479 g/mol. The molecule has 0 saturated heterocycles. The fourth-order valence-corrected chi connectivity index (χ4v) is 4.80. The van der Waals surface area contributed by atoms with Crippen LogP contribution in [0.25, 0.3) is 11.1 Å². The molecule has 0 amide bonds. The molecule has 182 valence electrons. The molecule has 5 heteroatoms. The average Bonchev–Trinajstić information content (AvgIpc) is 2.92. The highest BCUT2D eigenvalue weighted by Crippen LogP contribution is 2.38. The van der Waals surface area contributed by atoms with Crippen LogP contribution in [0, 0.1) is 0 Å². The molecule has 36 heavy (non-hydrogen) atoms. The van der Waals surface area contributed by atoms with Crippen LogP contribution < -0.4 is 9.64 Å². The summed E-state index contributed by atoms with van der Waals surface area (Å²) in [4.78, 5) is 17.4. The number of benzene rings is 3. The van der Waals surface area contributed by atoms with Crippen LogP contribution in [-0.2, 0) is 30.8 Å². The van der Waals surface area contributed by atoms with Gasteiger partial charge in [-0.15, -0.1) is 0 Å². The second-order valence-corrected chi connectivity index (χ2v) is 9.22. The minimum absolute atomic E-state index is 0.146. The largest absolute Gasteiger partial charge is 0.487 e. The highest BCUT2D eigenvalue weighted by atomic mass is 16.5. The van der Waals surface area contributed by atoms with E-state index in [0.29, 0.717) is 13.0 Å². The Morgan fingerprint density at radius 1 is 0.889 bits per heavy atom. The highest BCUT2D eigenvalue weighted by Gasteiger charge is 2.21. The van der Waals surface area contributed by atoms with Gasteiger partial charge < -0.3 is 14.7 Å². The predicted octanol–water partition coefficient (Wildman–Crippen LogP) is 6.30. The van der Waals surface area contributed by atoms with E-state index in [1.165, 1.54) is 27.9 Å². The van der Waals surface area contributed by atoms with Crippen molar-refractivity contribution in [1.82, 2.24) is 4.98 Å². The molecule has 1 N–H and O–H groups in total. The van der Waals surface area contributed by atoms with Gasteiger partial charge in [-0.1, -0.05) is 54.6 Å². The van der Waals surface area contributed by atoms with E-state index in [1.54, 1.807) is 0 Å². The first-order valence-electron chi connectivity index (χ1n) is 12.4. The fourth-order valence-electron chi connectivity index (χ4n) is 4.80. The van der Waals surface area contributed by atoms with Crippen molar-refractivity contribution >= 4 is 11.7 Å². The van der Waals surface area contributed by atoms with Crippen molar-refractivity contribution in [3.63, 3.8) is 0 Å². The molecule has 0 saturated carbocycles. The monoisotopic (exact) mass is 478 g/mol. The molecule has 0 spiro atoms. The molecule has 5 rings (SSSR count). The van der Waals surface area contributed by atoms with Crippen LogP contribution in [0.5, 0.6) is 5.75 Å². The van der Waals surface area contributed by atoms with Crippen molar-refractivity contribution in [2.75, 3.05) is 11.4 Å². The van der Waals surface area contributed by atoms with Gasteiger partial charge in [-0.2, -0.15) is 0 Å². The number of anilines is 1. The molecule has 3 aromatic carbocycles. The second-order valence-electron chi connectivity index (χ2n) is 9.22. The van der Waals surface area contributed by atoms with Gasteiger partial charge in [0.15, 0.2) is 0 Å². The quantitative estimate of drug-likeness (QED) is 0.306. The number of ether oxygens (including phenoxy) is 1. The molecule has 5 nitrogen and oxygen atoms in total. The van der Waals surface area contributed by atoms with Crippen molar-refractivity contribution in [1.29, 1.82) is 0 Å². The first-order valence-corrected chi connectivity index (χ1v) is 12.4. The van der Waals surface area contributed by atoms with E-state index in [-0.39, 0.29) is 6.42 Å². The summed E-state index contributed by atoms with van der Waals surface area (Å²) in [6, 6.07) is 27.2. The first-order chi connectivity index (χ1) is 17.7. The third kappa shape index (κ3) is 5.74. The van der Waals surface area contributed by atoms with Crippen molar-refractivity contribution in [3.8, 4) is 16.9 Å². The normalized spacial score (nSPS) is 12.7. The van der Waals surface area contributed by atoms with Gasteiger partial charge in [-0.05, 0) is 76.9 Å². The summed E-state index contributed by atoms with van der Waals surface area (Å²) in [5.74, 6) is 0.136. The van der Waals surface area contributed by atoms with E-state index >= 15 is 0 Å². The van der Waals surface area contributed by atoms with Crippen molar-refractivity contribution < 1.29 is 14.6 Å². The van der Waals surface area contributed by atoms with Crippen LogP contribution in [0.15, 0.2) is 91.3 Å². The molecule has 0 aliphatic carbocycles. The zero-order valence-corrected chi connectivity index (χ0v) is 20.3. The summed E-state index contributed by atoms with van der Waals surface area (Å²) in [7, 11) is 0. The first kappa shape index (κ1) is 23.6. The van der Waals surface area contributed by atoms with Crippen molar-refractivity contribution in [3.05, 3.63) is 114 Å². The maximum Gasteiger partial charge on any atom is 0.303 e. The Hall–Kier alpha value is -4.12. The summed E-state index contributed by atoms with van der Waals surface area (Å²) in [5.41, 5.74) is 8.25. The Labute approximate surface area is 212 Å². The van der Waals surface area contributed by atoms with Gasteiger partial charge >= 0.3 is 5.97 Å². The van der Waals surface area contributed by atoms with Gasteiger partial charge in [0, 0.05) is 31.9 Å². The molecular weight excluding hydrogens is 448 g/mol. The lowest BCUT2D eigenvalue weighted by Gasteiger charge is -2.33. The molecule has 0 fully saturated rings. The molecule has 1 aliphatic rings. The Kier molecular flexibility index (Phi) is 7.27. The number of para-hydroxylation sites is 1. The van der Waals surface area contributed by atoms with Gasteiger partial charge in [0.25, 0.3) is 0 Å². The van der Waals surface area contributed by atoms with Gasteiger partial charge in [-0.25, -0.2) is 0 Å². The zero-order valence-electron chi connectivity index (χ0n) is 20.3. The molecule has 2 heterocycles. The number of aromatic nitrogens is 1. The minimum Gasteiger partial charge on any atom is -0.487 e. The van der Waals surface area contributed by atoms with Crippen LogP contribution in [0.2, 0.25) is 0 Å². The van der Waals surface area contributed by atoms with E-state index in [1.807, 2.05) is 48.8 Å². The summed E-state index contributed by atoms with van der Waals surface area (Å²) >= 11 is 0. The number of carboxylic acids is 1. The lowest BCUT2D eigenvalue weighted by atomic mass is 9.99. The molecule has 0 atom stereocenters. The van der Waals surface area contributed by atoms with Crippen molar-refractivity contribution in [2.45, 2.75) is 38.8 Å². The second kappa shape index (κ2) is 11.1. The maximum absolute atomic E-state index is 10.8. The van der Waals surface area contributed by atoms with Crippen LogP contribution in [0.4, 0.5) is 5.69 Å². The smallest absolute Gasteiger partial charge is 0.303 e. The number of pyridine rings is 1. The molecule has 1 aliphatic heterocycles. The lowest BCUT2D eigenvalue weighted by Crippen LogP contribution is -2.29. The topological polar surface area (TPSA) is 62.7 Å². The van der Waals surface area contributed by atoms with E-state index in [2.05, 4.69) is 52.3 Å². The van der Waals surface area contributed by atoms with Gasteiger partial charge in [-0.3, -0.25) is 9.78 Å². The number of fused-ring (bicyclic) bond motifs is 1.